The third-order valence-electron chi connectivity index (χ3n) is 4.00. The number of hydrogen-bond donors (Lipinski definition) is 0. The van der Waals surface area contributed by atoms with Crippen LogP contribution in [0.1, 0.15) is 33.2 Å². The van der Waals surface area contributed by atoms with Crippen LogP contribution >= 0.6 is 15.9 Å². The molecule has 0 fully saturated rings. The van der Waals surface area contributed by atoms with Gasteiger partial charge in [-0.3, -0.25) is 24.2 Å². The molecule has 0 saturated carbocycles. The SMILES string of the molecule is CC(=O)N(CN1C(=O)c2ccccc2C1=O)c1cc(Br)ccc1C. The number of benzene rings is 2. The Bertz CT molecular complexity index is 828. The fraction of sp³-hybridized carbons (Fsp3) is 0.167. The molecule has 3 rings (SSSR count). The first-order valence-corrected chi connectivity index (χ1v) is 8.19. The van der Waals surface area contributed by atoms with Gasteiger partial charge < -0.3 is 0 Å². The molecule has 0 bridgehead atoms. The zero-order valence-corrected chi connectivity index (χ0v) is 14.8. The van der Waals surface area contributed by atoms with E-state index in [0.717, 1.165) is 14.9 Å². The average Bonchev–Trinajstić information content (AvgIpc) is 2.79. The lowest BCUT2D eigenvalue weighted by Gasteiger charge is -2.27. The molecule has 2 aromatic carbocycles. The number of carbonyl (C=O) groups excluding carboxylic acids is 3. The highest BCUT2D eigenvalue weighted by atomic mass is 79.9. The van der Waals surface area contributed by atoms with Crippen LogP contribution in [-0.2, 0) is 4.79 Å². The Morgan fingerprint density at radius 2 is 1.67 bits per heavy atom. The molecule has 1 aliphatic heterocycles. The highest BCUT2D eigenvalue weighted by molar-refractivity contribution is 9.10. The zero-order valence-electron chi connectivity index (χ0n) is 13.2. The summed E-state index contributed by atoms with van der Waals surface area (Å²) >= 11 is 3.39. The van der Waals surface area contributed by atoms with E-state index in [0.29, 0.717) is 16.8 Å². The molecule has 5 nitrogen and oxygen atoms in total. The Hall–Kier alpha value is -2.47. The molecule has 0 atom stereocenters. The predicted molar refractivity (Wildman–Crippen MR) is 93.8 cm³/mol. The predicted octanol–water partition coefficient (Wildman–Crippen LogP) is 3.36. The Labute approximate surface area is 148 Å². The van der Waals surface area contributed by atoms with Crippen LogP contribution in [0.25, 0.3) is 0 Å². The Morgan fingerprint density at radius 3 is 2.21 bits per heavy atom. The van der Waals surface area contributed by atoms with Gasteiger partial charge in [-0.25, -0.2) is 0 Å². The molecule has 0 saturated heterocycles. The molecule has 0 unspecified atom stereocenters. The summed E-state index contributed by atoms with van der Waals surface area (Å²) in [6.45, 7) is 3.18. The number of hydrogen-bond acceptors (Lipinski definition) is 3. The minimum atomic E-state index is -0.380. The maximum atomic E-state index is 12.5. The lowest BCUT2D eigenvalue weighted by atomic mass is 10.1. The Kier molecular flexibility index (Phi) is 4.24. The van der Waals surface area contributed by atoms with Crippen LogP contribution in [0.3, 0.4) is 0 Å². The van der Waals surface area contributed by atoms with E-state index >= 15 is 0 Å². The Balaban J connectivity index is 1.96. The van der Waals surface area contributed by atoms with Gasteiger partial charge in [-0.2, -0.15) is 0 Å². The molecule has 0 spiro atoms. The second-order valence-electron chi connectivity index (χ2n) is 5.60. The summed E-state index contributed by atoms with van der Waals surface area (Å²) in [5, 5.41) is 0. The van der Waals surface area contributed by atoms with Crippen molar-refractivity contribution in [1.29, 1.82) is 0 Å². The van der Waals surface area contributed by atoms with Gasteiger partial charge in [0.15, 0.2) is 0 Å². The molecule has 6 heteroatoms. The van der Waals surface area contributed by atoms with Crippen LogP contribution in [0, 0.1) is 6.92 Å². The summed E-state index contributed by atoms with van der Waals surface area (Å²) in [7, 11) is 0. The summed E-state index contributed by atoms with van der Waals surface area (Å²) in [5.41, 5.74) is 2.28. The van der Waals surface area contributed by atoms with Crippen molar-refractivity contribution in [1.82, 2.24) is 4.90 Å². The van der Waals surface area contributed by atoms with E-state index in [1.807, 2.05) is 19.1 Å². The molecule has 1 heterocycles. The van der Waals surface area contributed by atoms with Crippen LogP contribution in [0.2, 0.25) is 0 Å². The van der Waals surface area contributed by atoms with Gasteiger partial charge in [0.1, 0.15) is 6.67 Å². The minimum Gasteiger partial charge on any atom is -0.294 e. The summed E-state index contributed by atoms with van der Waals surface area (Å²) in [5.74, 6) is -1.00. The maximum Gasteiger partial charge on any atom is 0.263 e. The molecular formula is C18H15BrN2O3. The number of rotatable bonds is 3. The fourth-order valence-electron chi connectivity index (χ4n) is 2.73. The molecule has 1 aliphatic rings. The molecule has 0 aliphatic carbocycles. The van der Waals surface area contributed by atoms with Gasteiger partial charge in [0.05, 0.1) is 11.1 Å². The third kappa shape index (κ3) is 2.73. The summed E-state index contributed by atoms with van der Waals surface area (Å²) in [4.78, 5) is 39.7. The second-order valence-corrected chi connectivity index (χ2v) is 6.52. The number of anilines is 1. The first-order chi connectivity index (χ1) is 11.4. The molecule has 0 N–H and O–H groups in total. The van der Waals surface area contributed by atoms with Crippen molar-refractivity contribution in [3.05, 3.63) is 63.6 Å². The van der Waals surface area contributed by atoms with E-state index in [1.54, 1.807) is 30.3 Å². The van der Waals surface area contributed by atoms with Crippen molar-refractivity contribution in [2.45, 2.75) is 13.8 Å². The number of imide groups is 1. The van der Waals surface area contributed by atoms with E-state index < -0.39 is 0 Å². The van der Waals surface area contributed by atoms with Crippen molar-refractivity contribution in [2.24, 2.45) is 0 Å². The van der Waals surface area contributed by atoms with Gasteiger partial charge in [0, 0.05) is 17.1 Å². The van der Waals surface area contributed by atoms with Gasteiger partial charge in [-0.1, -0.05) is 34.1 Å². The standard InChI is InChI=1S/C18H15BrN2O3/c1-11-7-8-13(19)9-16(11)20(12(2)22)10-21-17(23)14-5-3-4-6-15(14)18(21)24/h3-9H,10H2,1-2H3. The van der Waals surface area contributed by atoms with Crippen molar-refractivity contribution in [3.63, 3.8) is 0 Å². The van der Waals surface area contributed by atoms with Crippen molar-refractivity contribution in [3.8, 4) is 0 Å². The topological polar surface area (TPSA) is 57.7 Å². The first-order valence-electron chi connectivity index (χ1n) is 7.39. The molecule has 2 aromatic rings. The lowest BCUT2D eigenvalue weighted by molar-refractivity contribution is -0.116. The van der Waals surface area contributed by atoms with Gasteiger partial charge in [0.2, 0.25) is 5.91 Å². The maximum absolute atomic E-state index is 12.5. The van der Waals surface area contributed by atoms with Crippen LogP contribution < -0.4 is 4.90 Å². The largest absolute Gasteiger partial charge is 0.294 e. The van der Waals surface area contributed by atoms with E-state index in [1.165, 1.54) is 11.8 Å². The monoisotopic (exact) mass is 386 g/mol. The summed E-state index contributed by atoms with van der Waals surface area (Å²) in [6.07, 6.45) is 0. The van der Waals surface area contributed by atoms with E-state index in [4.69, 9.17) is 0 Å². The van der Waals surface area contributed by atoms with E-state index in [9.17, 15) is 14.4 Å². The lowest BCUT2D eigenvalue weighted by Crippen LogP contribution is -2.43. The van der Waals surface area contributed by atoms with Crippen LogP contribution in [-0.4, -0.2) is 29.3 Å². The van der Waals surface area contributed by atoms with Crippen molar-refractivity contribution in [2.75, 3.05) is 11.6 Å². The Morgan fingerprint density at radius 1 is 1.08 bits per heavy atom. The fourth-order valence-corrected chi connectivity index (χ4v) is 3.08. The van der Waals surface area contributed by atoms with Gasteiger partial charge in [0.25, 0.3) is 11.8 Å². The molecule has 122 valence electrons. The smallest absolute Gasteiger partial charge is 0.263 e. The number of halogens is 1. The van der Waals surface area contributed by atoms with Crippen molar-refractivity contribution >= 4 is 39.3 Å². The van der Waals surface area contributed by atoms with Gasteiger partial charge in [-0.15, -0.1) is 0 Å². The zero-order chi connectivity index (χ0) is 17.4. The molecule has 0 aromatic heterocycles. The van der Waals surface area contributed by atoms with Crippen LogP contribution in [0.4, 0.5) is 5.69 Å². The van der Waals surface area contributed by atoms with Gasteiger partial charge in [-0.05, 0) is 36.8 Å². The molecule has 3 amide bonds. The first kappa shape index (κ1) is 16.4. The van der Waals surface area contributed by atoms with Crippen LogP contribution in [0.15, 0.2) is 46.9 Å². The highest BCUT2D eigenvalue weighted by Crippen LogP contribution is 2.28. The summed E-state index contributed by atoms with van der Waals surface area (Å²) < 4.78 is 0.816. The quantitative estimate of drug-likeness (QED) is 0.759. The summed E-state index contributed by atoms with van der Waals surface area (Å²) in [6, 6.07) is 12.2. The van der Waals surface area contributed by atoms with E-state index in [-0.39, 0.29) is 24.4 Å². The second kappa shape index (κ2) is 6.20. The average molecular weight is 387 g/mol. The minimum absolute atomic E-state index is 0.112. The normalized spacial score (nSPS) is 13.2. The number of nitrogens with zero attached hydrogens (tertiary/aromatic N) is 2. The number of carbonyl (C=O) groups is 3. The van der Waals surface area contributed by atoms with Crippen LogP contribution in [0.5, 0.6) is 0 Å². The van der Waals surface area contributed by atoms with Gasteiger partial charge >= 0.3 is 0 Å². The number of aryl methyl sites for hydroxylation is 1. The molecular weight excluding hydrogens is 372 g/mol. The molecule has 24 heavy (non-hydrogen) atoms. The number of amides is 3. The number of fused-ring (bicyclic) bond motifs is 1. The third-order valence-corrected chi connectivity index (χ3v) is 4.50. The molecule has 0 radical (unpaired) electrons. The highest BCUT2D eigenvalue weighted by Gasteiger charge is 2.36. The van der Waals surface area contributed by atoms with Crippen molar-refractivity contribution < 1.29 is 14.4 Å². The van der Waals surface area contributed by atoms with E-state index in [2.05, 4.69) is 15.9 Å².